The summed E-state index contributed by atoms with van der Waals surface area (Å²) < 4.78 is 4.85. The summed E-state index contributed by atoms with van der Waals surface area (Å²) in [5.74, 6) is -1.23. The number of nitrogens with one attached hydrogen (secondary N) is 1. The van der Waals surface area contributed by atoms with Crippen LogP contribution in [-0.2, 0) is 19.1 Å². The maximum absolute atomic E-state index is 12.3. The van der Waals surface area contributed by atoms with Gasteiger partial charge in [0.15, 0.2) is 0 Å². The van der Waals surface area contributed by atoms with E-state index < -0.39 is 12.0 Å². The third-order valence-electron chi connectivity index (χ3n) is 3.33. The molecule has 7 nitrogen and oxygen atoms in total. The van der Waals surface area contributed by atoms with E-state index in [1.807, 2.05) is 20.8 Å². The number of carbonyl (C=O) groups is 3. The van der Waals surface area contributed by atoms with Crippen LogP contribution in [-0.4, -0.2) is 60.1 Å². The molecule has 7 heteroatoms. The molecule has 126 valence electrons. The van der Waals surface area contributed by atoms with Crippen molar-refractivity contribution in [2.75, 3.05) is 26.3 Å². The largest absolute Gasteiger partial charge is 0.480 e. The maximum Gasteiger partial charge on any atom is 0.329 e. The highest BCUT2D eigenvalue weighted by Crippen LogP contribution is 2.24. The lowest BCUT2D eigenvalue weighted by Crippen LogP contribution is -2.47. The molecule has 1 rings (SSSR count). The molecule has 1 saturated heterocycles. The summed E-state index contributed by atoms with van der Waals surface area (Å²) >= 11 is 0. The molecule has 0 bridgehead atoms. The number of nitrogens with zero attached hydrogens (tertiary/aromatic N) is 1. The normalized spacial score (nSPS) is 18.3. The topological polar surface area (TPSA) is 95.9 Å². The molecule has 2 N–H and O–H groups in total. The average Bonchev–Trinajstić information content (AvgIpc) is 2.84. The van der Waals surface area contributed by atoms with Crippen LogP contribution in [0.1, 0.15) is 40.0 Å². The number of carboxylic acid groups (broad SMARTS) is 1. The lowest BCUT2D eigenvalue weighted by molar-refractivity contribution is -0.142. The number of aliphatic carboxylic acids is 1. The first-order valence-electron chi connectivity index (χ1n) is 7.57. The molecule has 2 amide bonds. The zero-order valence-corrected chi connectivity index (χ0v) is 13.6. The smallest absolute Gasteiger partial charge is 0.329 e. The monoisotopic (exact) mass is 314 g/mol. The van der Waals surface area contributed by atoms with Gasteiger partial charge in [0.1, 0.15) is 12.6 Å². The van der Waals surface area contributed by atoms with Gasteiger partial charge in [-0.25, -0.2) is 4.79 Å². The van der Waals surface area contributed by atoms with E-state index >= 15 is 0 Å². The zero-order valence-electron chi connectivity index (χ0n) is 13.6. The van der Waals surface area contributed by atoms with Crippen molar-refractivity contribution in [3.05, 3.63) is 0 Å². The summed E-state index contributed by atoms with van der Waals surface area (Å²) in [7, 11) is 0. The van der Waals surface area contributed by atoms with Crippen LogP contribution in [0.2, 0.25) is 0 Å². The van der Waals surface area contributed by atoms with Crippen molar-refractivity contribution in [1.82, 2.24) is 10.2 Å². The highest BCUT2D eigenvalue weighted by Gasteiger charge is 2.34. The van der Waals surface area contributed by atoms with Crippen LogP contribution in [0.15, 0.2) is 0 Å². The van der Waals surface area contributed by atoms with E-state index in [-0.39, 0.29) is 37.0 Å². The minimum Gasteiger partial charge on any atom is -0.480 e. The minimum absolute atomic E-state index is 0.00674. The van der Waals surface area contributed by atoms with Gasteiger partial charge in [-0.15, -0.1) is 0 Å². The Labute approximate surface area is 131 Å². The Hall–Kier alpha value is -1.63. The van der Waals surface area contributed by atoms with Gasteiger partial charge in [0.05, 0.1) is 6.61 Å². The molecule has 0 spiro atoms. The van der Waals surface area contributed by atoms with Gasteiger partial charge < -0.3 is 20.1 Å². The van der Waals surface area contributed by atoms with E-state index in [4.69, 9.17) is 9.84 Å². The number of carbonyl (C=O) groups excluding carboxylic acids is 2. The Morgan fingerprint density at radius 2 is 2.00 bits per heavy atom. The summed E-state index contributed by atoms with van der Waals surface area (Å²) in [5.41, 5.74) is -0.106. The van der Waals surface area contributed by atoms with Crippen molar-refractivity contribution in [2.24, 2.45) is 5.41 Å². The number of likely N-dealkylation sites (tertiary alicyclic amines) is 1. The second-order valence-corrected chi connectivity index (χ2v) is 6.72. The van der Waals surface area contributed by atoms with Crippen molar-refractivity contribution >= 4 is 17.8 Å². The predicted molar refractivity (Wildman–Crippen MR) is 80.3 cm³/mol. The number of ether oxygens (including phenoxy) is 1. The molecular weight excluding hydrogens is 288 g/mol. The maximum atomic E-state index is 12.3. The van der Waals surface area contributed by atoms with Gasteiger partial charge in [0.2, 0.25) is 11.8 Å². The molecule has 0 aliphatic carbocycles. The zero-order chi connectivity index (χ0) is 16.8. The van der Waals surface area contributed by atoms with Crippen molar-refractivity contribution in [3.8, 4) is 0 Å². The first-order valence-corrected chi connectivity index (χ1v) is 7.57. The van der Waals surface area contributed by atoms with Crippen LogP contribution in [0.25, 0.3) is 0 Å². The molecule has 0 aromatic carbocycles. The first-order chi connectivity index (χ1) is 10.2. The third-order valence-corrected chi connectivity index (χ3v) is 3.33. The highest BCUT2D eigenvalue weighted by atomic mass is 16.5. The third kappa shape index (κ3) is 6.43. The van der Waals surface area contributed by atoms with Crippen molar-refractivity contribution in [1.29, 1.82) is 0 Å². The SMILES string of the molecule is CC(C)(C)CC(=O)N1CCCC1C(=O)NCCOCC(=O)O. The molecule has 0 aromatic heterocycles. The lowest BCUT2D eigenvalue weighted by atomic mass is 9.91. The minimum atomic E-state index is -1.04. The van der Waals surface area contributed by atoms with Crippen LogP contribution in [0, 0.1) is 5.41 Å². The molecular formula is C15H26N2O5. The van der Waals surface area contributed by atoms with E-state index in [2.05, 4.69) is 5.32 Å². The van der Waals surface area contributed by atoms with E-state index in [0.717, 1.165) is 6.42 Å². The summed E-state index contributed by atoms with van der Waals surface area (Å²) in [6.07, 6.45) is 1.90. The molecule has 22 heavy (non-hydrogen) atoms. The second-order valence-electron chi connectivity index (χ2n) is 6.72. The van der Waals surface area contributed by atoms with Crippen LogP contribution >= 0.6 is 0 Å². The molecule has 0 radical (unpaired) electrons. The number of rotatable bonds is 7. The average molecular weight is 314 g/mol. The molecule has 1 unspecified atom stereocenters. The van der Waals surface area contributed by atoms with E-state index in [9.17, 15) is 14.4 Å². The van der Waals surface area contributed by atoms with Gasteiger partial charge in [-0.2, -0.15) is 0 Å². The Kier molecular flexibility index (Phi) is 6.80. The van der Waals surface area contributed by atoms with Crippen LogP contribution in [0.5, 0.6) is 0 Å². The summed E-state index contributed by atoms with van der Waals surface area (Å²) in [6, 6.07) is -0.422. The molecule has 1 heterocycles. The first kappa shape index (κ1) is 18.4. The Bertz CT molecular complexity index is 417. The standard InChI is InChI=1S/C15H26N2O5/c1-15(2,3)9-12(18)17-7-4-5-11(17)14(21)16-6-8-22-10-13(19)20/h11H,4-10H2,1-3H3,(H,16,21)(H,19,20). The quantitative estimate of drug-likeness (QED) is 0.672. The fraction of sp³-hybridized carbons (Fsp3) is 0.800. The number of hydrogen-bond donors (Lipinski definition) is 2. The fourth-order valence-corrected chi connectivity index (χ4v) is 2.42. The molecule has 1 aliphatic rings. The van der Waals surface area contributed by atoms with E-state index in [0.29, 0.717) is 19.4 Å². The predicted octanol–water partition coefficient (Wildman–Crippen LogP) is 0.631. The van der Waals surface area contributed by atoms with Crippen molar-refractivity contribution in [2.45, 2.75) is 46.1 Å². The Morgan fingerprint density at radius 3 is 2.59 bits per heavy atom. The fourth-order valence-electron chi connectivity index (χ4n) is 2.42. The Balaban J connectivity index is 2.40. The number of amides is 2. The van der Waals surface area contributed by atoms with Crippen molar-refractivity contribution in [3.63, 3.8) is 0 Å². The molecule has 1 aliphatic heterocycles. The summed E-state index contributed by atoms with van der Waals surface area (Å²) in [4.78, 5) is 36.4. The summed E-state index contributed by atoms with van der Waals surface area (Å²) in [5, 5.41) is 11.1. The number of hydrogen-bond acceptors (Lipinski definition) is 4. The summed E-state index contributed by atoms with van der Waals surface area (Å²) in [6.45, 7) is 6.60. The molecule has 0 aromatic rings. The van der Waals surface area contributed by atoms with Gasteiger partial charge in [-0.05, 0) is 18.3 Å². The Morgan fingerprint density at radius 1 is 1.32 bits per heavy atom. The highest BCUT2D eigenvalue weighted by molar-refractivity contribution is 5.88. The van der Waals surface area contributed by atoms with E-state index in [1.165, 1.54) is 0 Å². The van der Waals surface area contributed by atoms with Gasteiger partial charge in [0.25, 0.3) is 0 Å². The van der Waals surface area contributed by atoms with Crippen LogP contribution in [0.4, 0.5) is 0 Å². The molecule has 0 saturated carbocycles. The number of carboxylic acids is 1. The van der Waals surface area contributed by atoms with Gasteiger partial charge >= 0.3 is 5.97 Å². The van der Waals surface area contributed by atoms with Crippen LogP contribution < -0.4 is 5.32 Å². The van der Waals surface area contributed by atoms with Crippen LogP contribution in [0.3, 0.4) is 0 Å². The lowest BCUT2D eigenvalue weighted by Gasteiger charge is -2.27. The van der Waals surface area contributed by atoms with E-state index in [1.54, 1.807) is 4.90 Å². The molecule has 1 fully saturated rings. The van der Waals surface area contributed by atoms with Gasteiger partial charge in [-0.3, -0.25) is 9.59 Å². The van der Waals surface area contributed by atoms with Crippen molar-refractivity contribution < 1.29 is 24.2 Å². The van der Waals surface area contributed by atoms with Gasteiger partial charge in [-0.1, -0.05) is 20.8 Å². The van der Waals surface area contributed by atoms with Gasteiger partial charge in [0, 0.05) is 19.5 Å². The second kappa shape index (κ2) is 8.12. The molecule has 1 atom stereocenters.